The van der Waals surface area contributed by atoms with Crippen molar-refractivity contribution in [2.24, 2.45) is 0 Å². The van der Waals surface area contributed by atoms with Gasteiger partial charge < -0.3 is 24.6 Å². The zero-order chi connectivity index (χ0) is 12.3. The third-order valence-corrected chi connectivity index (χ3v) is 2.75. The summed E-state index contributed by atoms with van der Waals surface area (Å²) >= 11 is 0. The number of benzene rings is 1. The maximum atomic E-state index is 10.0. The summed E-state index contributed by atoms with van der Waals surface area (Å²) in [4.78, 5) is 1.87. The molecule has 2 N–H and O–H groups in total. The van der Waals surface area contributed by atoms with Crippen LogP contribution in [-0.4, -0.2) is 48.6 Å². The molecule has 0 saturated heterocycles. The van der Waals surface area contributed by atoms with Crippen LogP contribution in [0.3, 0.4) is 0 Å². The average Bonchev–Trinajstić information content (AvgIpc) is 2.75. The molecule has 0 aromatic heterocycles. The quantitative estimate of drug-likeness (QED) is 0.777. The van der Waals surface area contributed by atoms with Crippen molar-refractivity contribution < 1.29 is 19.7 Å². The second-order valence-corrected chi connectivity index (χ2v) is 4.11. The normalized spacial score (nSPS) is 15.3. The van der Waals surface area contributed by atoms with E-state index in [2.05, 4.69) is 0 Å². The summed E-state index contributed by atoms with van der Waals surface area (Å²) in [5.74, 6) is 1.39. The average molecular weight is 239 g/mol. The number of ether oxygens (including phenoxy) is 2. The molecule has 1 unspecified atom stereocenters. The molecular formula is C12H17NO4. The van der Waals surface area contributed by atoms with Crippen LogP contribution in [0.1, 0.15) is 11.7 Å². The lowest BCUT2D eigenvalue weighted by Crippen LogP contribution is -2.27. The van der Waals surface area contributed by atoms with E-state index in [-0.39, 0.29) is 13.4 Å². The Morgan fingerprint density at radius 1 is 1.35 bits per heavy atom. The van der Waals surface area contributed by atoms with Crippen LogP contribution in [0.2, 0.25) is 0 Å². The van der Waals surface area contributed by atoms with Gasteiger partial charge in [0.15, 0.2) is 11.5 Å². The van der Waals surface area contributed by atoms with Crippen LogP contribution in [0, 0.1) is 0 Å². The van der Waals surface area contributed by atoms with Crippen LogP contribution in [-0.2, 0) is 0 Å². The molecule has 1 aromatic rings. The standard InChI is InChI=1S/C12H17NO4/c1-13(4-5-14)7-10(15)9-2-3-11-12(6-9)17-8-16-11/h2-3,6,10,14-15H,4-5,7-8H2,1H3. The molecule has 1 atom stereocenters. The van der Waals surface area contributed by atoms with Gasteiger partial charge in [0.25, 0.3) is 0 Å². The van der Waals surface area contributed by atoms with E-state index >= 15 is 0 Å². The van der Waals surface area contributed by atoms with Gasteiger partial charge in [0.1, 0.15) is 0 Å². The summed E-state index contributed by atoms with van der Waals surface area (Å²) in [6.45, 7) is 1.34. The molecular weight excluding hydrogens is 222 g/mol. The molecule has 0 aliphatic carbocycles. The van der Waals surface area contributed by atoms with E-state index in [4.69, 9.17) is 14.6 Å². The number of hydrogen-bond acceptors (Lipinski definition) is 5. The highest BCUT2D eigenvalue weighted by molar-refractivity contribution is 5.45. The minimum absolute atomic E-state index is 0.0877. The van der Waals surface area contributed by atoms with E-state index in [1.807, 2.05) is 18.0 Å². The van der Waals surface area contributed by atoms with Gasteiger partial charge in [-0.3, -0.25) is 0 Å². The summed E-state index contributed by atoms with van der Waals surface area (Å²) in [6.07, 6.45) is -0.596. The van der Waals surface area contributed by atoms with Gasteiger partial charge in [-0.05, 0) is 24.7 Å². The van der Waals surface area contributed by atoms with Crippen molar-refractivity contribution in [1.82, 2.24) is 4.90 Å². The highest BCUT2D eigenvalue weighted by Gasteiger charge is 2.17. The Kier molecular flexibility index (Phi) is 3.83. The highest BCUT2D eigenvalue weighted by Crippen LogP contribution is 2.34. The molecule has 5 nitrogen and oxygen atoms in total. The number of aliphatic hydroxyl groups is 2. The van der Waals surface area contributed by atoms with Crippen molar-refractivity contribution in [2.45, 2.75) is 6.10 Å². The summed E-state index contributed by atoms with van der Waals surface area (Å²) in [6, 6.07) is 5.41. The first-order chi connectivity index (χ1) is 8.20. The SMILES string of the molecule is CN(CCO)CC(O)c1ccc2c(c1)OCO2. The molecule has 0 saturated carbocycles. The zero-order valence-electron chi connectivity index (χ0n) is 9.80. The Hall–Kier alpha value is -1.30. The molecule has 1 aliphatic rings. The third kappa shape index (κ3) is 2.88. The lowest BCUT2D eigenvalue weighted by molar-refractivity contribution is 0.115. The van der Waals surface area contributed by atoms with Gasteiger partial charge in [0.05, 0.1) is 12.7 Å². The Morgan fingerprint density at radius 2 is 2.12 bits per heavy atom. The topological polar surface area (TPSA) is 62.2 Å². The zero-order valence-corrected chi connectivity index (χ0v) is 9.80. The molecule has 0 spiro atoms. The van der Waals surface area contributed by atoms with E-state index in [1.54, 1.807) is 12.1 Å². The molecule has 94 valence electrons. The number of fused-ring (bicyclic) bond motifs is 1. The lowest BCUT2D eigenvalue weighted by atomic mass is 10.1. The van der Waals surface area contributed by atoms with Gasteiger partial charge in [0, 0.05) is 13.1 Å². The molecule has 1 aliphatic heterocycles. The van der Waals surface area contributed by atoms with Crippen LogP contribution in [0.4, 0.5) is 0 Å². The molecule has 17 heavy (non-hydrogen) atoms. The van der Waals surface area contributed by atoms with E-state index in [1.165, 1.54) is 0 Å². The molecule has 0 radical (unpaired) electrons. The lowest BCUT2D eigenvalue weighted by Gasteiger charge is -2.19. The Labute approximate surface area is 100 Å². The van der Waals surface area contributed by atoms with Crippen LogP contribution in [0.25, 0.3) is 0 Å². The molecule has 5 heteroatoms. The monoisotopic (exact) mass is 239 g/mol. The van der Waals surface area contributed by atoms with Gasteiger partial charge in [-0.25, -0.2) is 0 Å². The van der Waals surface area contributed by atoms with Crippen LogP contribution < -0.4 is 9.47 Å². The second-order valence-electron chi connectivity index (χ2n) is 4.11. The molecule has 2 rings (SSSR count). The summed E-state index contributed by atoms with van der Waals surface area (Å²) in [7, 11) is 1.85. The first-order valence-corrected chi connectivity index (χ1v) is 5.57. The van der Waals surface area contributed by atoms with Crippen LogP contribution >= 0.6 is 0 Å². The predicted molar refractivity (Wildman–Crippen MR) is 62.1 cm³/mol. The van der Waals surface area contributed by atoms with Gasteiger partial charge in [-0.15, -0.1) is 0 Å². The Bertz CT molecular complexity index is 383. The summed E-state index contributed by atoms with van der Waals surface area (Å²) in [5.41, 5.74) is 0.791. The van der Waals surface area contributed by atoms with Gasteiger partial charge in [-0.2, -0.15) is 0 Å². The maximum Gasteiger partial charge on any atom is 0.231 e. The fraction of sp³-hybridized carbons (Fsp3) is 0.500. The first kappa shape index (κ1) is 12.2. The van der Waals surface area contributed by atoms with E-state index < -0.39 is 6.10 Å². The fourth-order valence-corrected chi connectivity index (χ4v) is 1.78. The van der Waals surface area contributed by atoms with E-state index in [0.717, 1.165) is 5.56 Å². The van der Waals surface area contributed by atoms with Gasteiger partial charge in [0.2, 0.25) is 6.79 Å². The second kappa shape index (κ2) is 5.35. The number of hydrogen-bond donors (Lipinski definition) is 2. The fourth-order valence-electron chi connectivity index (χ4n) is 1.78. The number of aliphatic hydroxyl groups excluding tert-OH is 2. The van der Waals surface area contributed by atoms with E-state index in [9.17, 15) is 5.11 Å². The Balaban J connectivity index is 2.01. The predicted octanol–water partition coefficient (Wildman–Crippen LogP) is 0.373. The summed E-state index contributed by atoms with van der Waals surface area (Å²) < 4.78 is 10.5. The molecule has 1 heterocycles. The number of rotatable bonds is 5. The van der Waals surface area contributed by atoms with Crippen molar-refractivity contribution in [1.29, 1.82) is 0 Å². The highest BCUT2D eigenvalue weighted by atomic mass is 16.7. The van der Waals surface area contributed by atoms with Crippen molar-refractivity contribution in [3.63, 3.8) is 0 Å². The largest absolute Gasteiger partial charge is 0.454 e. The molecule has 1 aromatic carbocycles. The molecule has 0 fully saturated rings. The first-order valence-electron chi connectivity index (χ1n) is 5.57. The number of likely N-dealkylation sites (N-methyl/N-ethyl adjacent to an activating group) is 1. The Morgan fingerprint density at radius 3 is 2.88 bits per heavy atom. The number of nitrogens with zero attached hydrogens (tertiary/aromatic N) is 1. The van der Waals surface area contributed by atoms with Crippen molar-refractivity contribution in [3.05, 3.63) is 23.8 Å². The minimum Gasteiger partial charge on any atom is -0.454 e. The van der Waals surface area contributed by atoms with Crippen molar-refractivity contribution >= 4 is 0 Å². The summed E-state index contributed by atoms with van der Waals surface area (Å²) in [5, 5.41) is 18.8. The third-order valence-electron chi connectivity index (χ3n) is 2.75. The van der Waals surface area contributed by atoms with Crippen molar-refractivity contribution in [2.75, 3.05) is 33.5 Å². The van der Waals surface area contributed by atoms with Gasteiger partial charge >= 0.3 is 0 Å². The van der Waals surface area contributed by atoms with Crippen LogP contribution in [0.5, 0.6) is 11.5 Å². The van der Waals surface area contributed by atoms with Gasteiger partial charge in [-0.1, -0.05) is 6.07 Å². The van der Waals surface area contributed by atoms with Crippen molar-refractivity contribution in [3.8, 4) is 11.5 Å². The van der Waals surface area contributed by atoms with E-state index in [0.29, 0.717) is 24.6 Å². The molecule has 0 bridgehead atoms. The van der Waals surface area contributed by atoms with Crippen LogP contribution in [0.15, 0.2) is 18.2 Å². The maximum absolute atomic E-state index is 10.0. The molecule has 0 amide bonds. The smallest absolute Gasteiger partial charge is 0.231 e. The minimum atomic E-state index is -0.596.